The first kappa shape index (κ1) is 22.2. The fourth-order valence-corrected chi connectivity index (χ4v) is 5.72. The molecule has 0 atom stereocenters. The van der Waals surface area contributed by atoms with Gasteiger partial charge in [0.25, 0.3) is 5.91 Å². The van der Waals surface area contributed by atoms with Crippen LogP contribution in [0.15, 0.2) is 52.7 Å². The molecule has 1 N–H and O–H groups in total. The SMILES string of the molecule is O=C(Nc1nc(-c2ccc(Cl)cc2Cl)cs1)c1cccc(S(=O)(=O)N2CCOCC2)c1. The highest BCUT2D eigenvalue weighted by atomic mass is 35.5. The smallest absolute Gasteiger partial charge is 0.257 e. The molecule has 1 fully saturated rings. The predicted octanol–water partition coefficient (Wildman–Crippen LogP) is 4.39. The highest BCUT2D eigenvalue weighted by Gasteiger charge is 2.27. The van der Waals surface area contributed by atoms with E-state index < -0.39 is 15.9 Å². The zero-order valence-electron chi connectivity index (χ0n) is 16.0. The van der Waals surface area contributed by atoms with Crippen LogP contribution < -0.4 is 5.32 Å². The first-order chi connectivity index (χ1) is 14.8. The number of carbonyl (C=O) groups excluding carboxylic acids is 1. The normalized spacial score (nSPS) is 15.0. The number of anilines is 1. The van der Waals surface area contributed by atoms with E-state index in [1.165, 1.54) is 27.8 Å². The number of hydrogen-bond donors (Lipinski definition) is 1. The number of benzene rings is 2. The summed E-state index contributed by atoms with van der Waals surface area (Å²) in [6.07, 6.45) is 0. The number of rotatable bonds is 5. The zero-order valence-corrected chi connectivity index (χ0v) is 19.2. The molecule has 2 heterocycles. The molecule has 7 nitrogen and oxygen atoms in total. The number of carbonyl (C=O) groups is 1. The second-order valence-electron chi connectivity index (χ2n) is 6.66. The van der Waals surface area contributed by atoms with Gasteiger partial charge in [0.1, 0.15) is 0 Å². The lowest BCUT2D eigenvalue weighted by Gasteiger charge is -2.26. The van der Waals surface area contributed by atoms with E-state index in [4.69, 9.17) is 27.9 Å². The van der Waals surface area contributed by atoms with Gasteiger partial charge >= 0.3 is 0 Å². The van der Waals surface area contributed by atoms with Gasteiger partial charge in [0, 0.05) is 34.6 Å². The molecule has 0 unspecified atom stereocenters. The number of halogens is 2. The largest absolute Gasteiger partial charge is 0.379 e. The Labute approximate surface area is 193 Å². The summed E-state index contributed by atoms with van der Waals surface area (Å²) < 4.78 is 32.3. The molecule has 162 valence electrons. The van der Waals surface area contributed by atoms with Gasteiger partial charge in [-0.3, -0.25) is 10.1 Å². The minimum absolute atomic E-state index is 0.0647. The van der Waals surface area contributed by atoms with Crippen molar-refractivity contribution in [3.8, 4) is 11.3 Å². The highest BCUT2D eigenvalue weighted by Crippen LogP contribution is 2.32. The van der Waals surface area contributed by atoms with E-state index in [1.54, 1.807) is 35.7 Å². The van der Waals surface area contributed by atoms with Gasteiger partial charge in [-0.1, -0.05) is 29.3 Å². The standard InChI is InChI=1S/C20H17Cl2N3O4S2/c21-14-4-5-16(17(22)11-14)18-12-30-20(23-18)24-19(26)13-2-1-3-15(10-13)31(27,28)25-6-8-29-9-7-25/h1-5,10-12H,6-9H2,(H,23,24,26). The molecular weight excluding hydrogens is 481 g/mol. The van der Waals surface area contributed by atoms with Crippen LogP contribution in [-0.2, 0) is 14.8 Å². The Morgan fingerprint density at radius 3 is 2.65 bits per heavy atom. The number of sulfonamides is 1. The van der Waals surface area contributed by atoms with Gasteiger partial charge in [-0.2, -0.15) is 4.31 Å². The maximum atomic E-state index is 12.8. The van der Waals surface area contributed by atoms with E-state index in [0.717, 1.165) is 0 Å². The molecule has 3 aromatic rings. The molecule has 1 aromatic heterocycles. The Hall–Kier alpha value is -2.01. The first-order valence-electron chi connectivity index (χ1n) is 9.25. The molecular formula is C20H17Cl2N3O4S2. The number of ether oxygens (including phenoxy) is 1. The zero-order chi connectivity index (χ0) is 22.0. The van der Waals surface area contributed by atoms with Gasteiger partial charge in [0.15, 0.2) is 5.13 Å². The predicted molar refractivity (Wildman–Crippen MR) is 122 cm³/mol. The Morgan fingerprint density at radius 2 is 1.90 bits per heavy atom. The van der Waals surface area contributed by atoms with Gasteiger partial charge in [0.05, 0.1) is 28.8 Å². The molecule has 1 aliphatic heterocycles. The van der Waals surface area contributed by atoms with Crippen LogP contribution in [0.25, 0.3) is 11.3 Å². The molecule has 31 heavy (non-hydrogen) atoms. The summed E-state index contributed by atoms with van der Waals surface area (Å²) in [5.74, 6) is -0.456. The van der Waals surface area contributed by atoms with Crippen LogP contribution in [0.5, 0.6) is 0 Å². The molecule has 11 heteroatoms. The van der Waals surface area contributed by atoms with Crippen molar-refractivity contribution in [2.45, 2.75) is 4.90 Å². The minimum atomic E-state index is -3.70. The molecule has 1 amide bonds. The van der Waals surface area contributed by atoms with E-state index in [9.17, 15) is 13.2 Å². The van der Waals surface area contributed by atoms with Gasteiger partial charge in [-0.15, -0.1) is 11.3 Å². The van der Waals surface area contributed by atoms with E-state index >= 15 is 0 Å². The summed E-state index contributed by atoms with van der Waals surface area (Å²) in [4.78, 5) is 17.2. The van der Waals surface area contributed by atoms with Gasteiger partial charge in [-0.25, -0.2) is 13.4 Å². The number of aromatic nitrogens is 1. The first-order valence-corrected chi connectivity index (χ1v) is 12.3. The van der Waals surface area contributed by atoms with Gasteiger partial charge in [0.2, 0.25) is 10.0 Å². The Balaban J connectivity index is 1.52. The van der Waals surface area contributed by atoms with Gasteiger partial charge < -0.3 is 4.74 Å². The van der Waals surface area contributed by atoms with Crippen LogP contribution in [0.2, 0.25) is 10.0 Å². The van der Waals surface area contributed by atoms with E-state index in [-0.39, 0.29) is 23.5 Å². The number of thiazole rings is 1. The maximum Gasteiger partial charge on any atom is 0.257 e. The summed E-state index contributed by atoms with van der Waals surface area (Å²) >= 11 is 13.4. The number of morpholine rings is 1. The van der Waals surface area contributed by atoms with E-state index in [2.05, 4.69) is 10.3 Å². The number of amides is 1. The molecule has 1 aliphatic rings. The van der Waals surface area contributed by atoms with Crippen molar-refractivity contribution >= 4 is 55.6 Å². The highest BCUT2D eigenvalue weighted by molar-refractivity contribution is 7.89. The number of nitrogens with zero attached hydrogens (tertiary/aromatic N) is 2. The molecule has 0 aliphatic carbocycles. The van der Waals surface area contributed by atoms with Crippen molar-refractivity contribution in [3.05, 3.63) is 63.5 Å². The topological polar surface area (TPSA) is 88.6 Å². The fraction of sp³-hybridized carbons (Fsp3) is 0.200. The summed E-state index contributed by atoms with van der Waals surface area (Å²) in [6, 6.07) is 11.0. The van der Waals surface area contributed by atoms with Crippen molar-refractivity contribution in [1.29, 1.82) is 0 Å². The third-order valence-corrected chi connectivity index (χ3v) is 7.84. The Morgan fingerprint density at radius 1 is 1.13 bits per heavy atom. The summed E-state index contributed by atoms with van der Waals surface area (Å²) in [7, 11) is -3.70. The number of nitrogens with one attached hydrogen (secondary N) is 1. The molecule has 0 bridgehead atoms. The lowest BCUT2D eigenvalue weighted by atomic mass is 10.2. The summed E-state index contributed by atoms with van der Waals surface area (Å²) in [6.45, 7) is 1.27. The fourth-order valence-electron chi connectivity index (χ4n) is 3.06. The second kappa shape index (κ2) is 9.23. The lowest BCUT2D eigenvalue weighted by molar-refractivity contribution is 0.0730. The van der Waals surface area contributed by atoms with Crippen LogP contribution in [0.4, 0.5) is 5.13 Å². The molecule has 4 rings (SSSR count). The van der Waals surface area contributed by atoms with Gasteiger partial charge in [-0.05, 0) is 36.4 Å². The van der Waals surface area contributed by atoms with Crippen LogP contribution in [0, 0.1) is 0 Å². The van der Waals surface area contributed by atoms with Crippen LogP contribution in [0.3, 0.4) is 0 Å². The van der Waals surface area contributed by atoms with Crippen molar-refractivity contribution in [3.63, 3.8) is 0 Å². The van der Waals surface area contributed by atoms with Crippen LogP contribution in [-0.4, -0.2) is 49.9 Å². The maximum absolute atomic E-state index is 12.8. The van der Waals surface area contributed by atoms with Crippen molar-refractivity contribution in [1.82, 2.24) is 9.29 Å². The van der Waals surface area contributed by atoms with Crippen molar-refractivity contribution < 1.29 is 17.9 Å². The summed E-state index contributed by atoms with van der Waals surface area (Å²) in [5.41, 5.74) is 1.52. The molecule has 0 spiro atoms. The molecule has 0 radical (unpaired) electrons. The van der Waals surface area contributed by atoms with Crippen molar-refractivity contribution in [2.75, 3.05) is 31.6 Å². The lowest BCUT2D eigenvalue weighted by Crippen LogP contribution is -2.40. The molecule has 0 saturated carbocycles. The number of hydrogen-bond acceptors (Lipinski definition) is 6. The molecule has 1 saturated heterocycles. The van der Waals surface area contributed by atoms with Crippen LogP contribution >= 0.6 is 34.5 Å². The molecule has 2 aromatic carbocycles. The monoisotopic (exact) mass is 497 g/mol. The average molecular weight is 498 g/mol. The van der Waals surface area contributed by atoms with E-state index in [0.29, 0.717) is 39.6 Å². The van der Waals surface area contributed by atoms with E-state index in [1.807, 2.05) is 0 Å². The quantitative estimate of drug-likeness (QED) is 0.564. The Kier molecular flexibility index (Phi) is 6.61. The Bertz CT molecular complexity index is 1220. The second-order valence-corrected chi connectivity index (χ2v) is 10.3. The third-order valence-electron chi connectivity index (χ3n) is 4.64. The minimum Gasteiger partial charge on any atom is -0.379 e. The third kappa shape index (κ3) is 4.92. The average Bonchev–Trinajstić information content (AvgIpc) is 3.22. The van der Waals surface area contributed by atoms with Crippen LogP contribution in [0.1, 0.15) is 10.4 Å². The summed E-state index contributed by atoms with van der Waals surface area (Å²) in [5, 5.41) is 5.82. The van der Waals surface area contributed by atoms with Crippen molar-refractivity contribution in [2.24, 2.45) is 0 Å².